The Morgan fingerprint density at radius 3 is 2.79 bits per heavy atom. The Hall–Kier alpha value is -1.62. The first kappa shape index (κ1) is 13.8. The predicted molar refractivity (Wildman–Crippen MR) is 74.3 cm³/mol. The number of nitrogens with two attached hydrogens (primary N) is 1. The van der Waals surface area contributed by atoms with Crippen LogP contribution in [-0.2, 0) is 4.74 Å². The van der Waals surface area contributed by atoms with E-state index in [0.29, 0.717) is 18.8 Å². The predicted octanol–water partition coefficient (Wildman–Crippen LogP) is 2.11. The zero-order valence-corrected chi connectivity index (χ0v) is 11.5. The van der Waals surface area contributed by atoms with Gasteiger partial charge in [-0.05, 0) is 32.9 Å². The molecule has 1 saturated heterocycles. The molecule has 0 spiro atoms. The fourth-order valence-corrected chi connectivity index (χ4v) is 2.68. The van der Waals surface area contributed by atoms with Crippen molar-refractivity contribution >= 4 is 11.5 Å². The molecular weight excluding hydrogens is 245 g/mol. The van der Waals surface area contributed by atoms with E-state index in [0.717, 1.165) is 0 Å². The van der Waals surface area contributed by atoms with Crippen LogP contribution in [-0.4, -0.2) is 30.6 Å². The monoisotopic (exact) mass is 265 g/mol. The van der Waals surface area contributed by atoms with Gasteiger partial charge in [0.25, 0.3) is 0 Å². The molecule has 104 valence electrons. The van der Waals surface area contributed by atoms with Gasteiger partial charge in [-0.3, -0.25) is 5.41 Å². The standard InChI is InChI=1S/C14H20FN3O/c1-9-7-18(8-14(2,3)19-9)11-6-4-5-10(15)12(11)13(16)17/h4-6,9H,7-8H2,1-3H3,(H3,16,17). The van der Waals surface area contributed by atoms with Gasteiger partial charge in [-0.25, -0.2) is 4.39 Å². The highest BCUT2D eigenvalue weighted by Crippen LogP contribution is 2.29. The van der Waals surface area contributed by atoms with Crippen LogP contribution in [0.15, 0.2) is 18.2 Å². The van der Waals surface area contributed by atoms with Gasteiger partial charge in [-0.2, -0.15) is 0 Å². The molecule has 1 aromatic carbocycles. The van der Waals surface area contributed by atoms with Gasteiger partial charge in [0.1, 0.15) is 11.7 Å². The molecule has 0 radical (unpaired) electrons. The number of morpholine rings is 1. The summed E-state index contributed by atoms with van der Waals surface area (Å²) >= 11 is 0. The van der Waals surface area contributed by atoms with Crippen LogP contribution in [0.3, 0.4) is 0 Å². The van der Waals surface area contributed by atoms with Gasteiger partial charge >= 0.3 is 0 Å². The van der Waals surface area contributed by atoms with Crippen LogP contribution in [0.4, 0.5) is 10.1 Å². The van der Waals surface area contributed by atoms with E-state index < -0.39 is 5.82 Å². The first-order valence-electron chi connectivity index (χ1n) is 6.36. The van der Waals surface area contributed by atoms with Crippen LogP contribution >= 0.6 is 0 Å². The van der Waals surface area contributed by atoms with Gasteiger partial charge < -0.3 is 15.4 Å². The molecule has 0 saturated carbocycles. The summed E-state index contributed by atoms with van der Waals surface area (Å²) in [5, 5.41) is 7.56. The molecule has 0 aliphatic carbocycles. The average molecular weight is 265 g/mol. The van der Waals surface area contributed by atoms with E-state index in [2.05, 4.69) is 0 Å². The van der Waals surface area contributed by atoms with Crippen molar-refractivity contribution in [2.24, 2.45) is 5.73 Å². The third-order valence-electron chi connectivity index (χ3n) is 3.17. The Kier molecular flexibility index (Phi) is 3.49. The zero-order chi connectivity index (χ0) is 14.2. The highest BCUT2D eigenvalue weighted by atomic mass is 19.1. The number of nitrogens with zero attached hydrogens (tertiary/aromatic N) is 1. The lowest BCUT2D eigenvalue weighted by molar-refractivity contribution is -0.0749. The molecule has 1 heterocycles. The smallest absolute Gasteiger partial charge is 0.136 e. The highest BCUT2D eigenvalue weighted by Gasteiger charge is 2.32. The molecule has 1 unspecified atom stereocenters. The summed E-state index contributed by atoms with van der Waals surface area (Å²) in [5.74, 6) is -0.702. The maximum absolute atomic E-state index is 13.9. The van der Waals surface area contributed by atoms with E-state index in [9.17, 15) is 4.39 Å². The summed E-state index contributed by atoms with van der Waals surface area (Å²) in [6, 6.07) is 4.77. The molecule has 1 fully saturated rings. The molecule has 1 aliphatic rings. The van der Waals surface area contributed by atoms with E-state index in [4.69, 9.17) is 15.9 Å². The Morgan fingerprint density at radius 2 is 2.21 bits per heavy atom. The van der Waals surface area contributed by atoms with Gasteiger partial charge in [-0.1, -0.05) is 6.07 Å². The number of benzene rings is 1. The molecule has 19 heavy (non-hydrogen) atoms. The van der Waals surface area contributed by atoms with Gasteiger partial charge in [0.05, 0.1) is 23.0 Å². The van der Waals surface area contributed by atoms with Crippen molar-refractivity contribution < 1.29 is 9.13 Å². The number of amidine groups is 1. The lowest BCUT2D eigenvalue weighted by atomic mass is 10.0. The fourth-order valence-electron chi connectivity index (χ4n) is 2.68. The molecule has 1 aromatic rings. The Bertz CT molecular complexity index is 501. The highest BCUT2D eigenvalue weighted by molar-refractivity contribution is 6.00. The van der Waals surface area contributed by atoms with Crippen molar-refractivity contribution in [1.82, 2.24) is 0 Å². The third-order valence-corrected chi connectivity index (χ3v) is 3.17. The molecule has 1 aliphatic heterocycles. The van der Waals surface area contributed by atoms with E-state index in [-0.39, 0.29) is 23.1 Å². The van der Waals surface area contributed by atoms with Crippen molar-refractivity contribution in [1.29, 1.82) is 5.41 Å². The minimum absolute atomic E-state index is 0.0480. The summed E-state index contributed by atoms with van der Waals surface area (Å²) in [5.41, 5.74) is 6.04. The summed E-state index contributed by atoms with van der Waals surface area (Å²) in [7, 11) is 0. The first-order valence-corrected chi connectivity index (χ1v) is 6.36. The summed E-state index contributed by atoms with van der Waals surface area (Å²) < 4.78 is 19.7. The number of hydrogen-bond acceptors (Lipinski definition) is 3. The number of halogens is 1. The van der Waals surface area contributed by atoms with Crippen LogP contribution in [0.2, 0.25) is 0 Å². The molecular formula is C14H20FN3O. The Balaban J connectivity index is 2.41. The van der Waals surface area contributed by atoms with Gasteiger partial charge in [0, 0.05) is 13.1 Å². The molecule has 5 heteroatoms. The maximum atomic E-state index is 13.9. The second-order valence-corrected chi connectivity index (χ2v) is 5.62. The van der Waals surface area contributed by atoms with Gasteiger partial charge in [0.2, 0.25) is 0 Å². The fraction of sp³-hybridized carbons (Fsp3) is 0.500. The number of nitrogens with one attached hydrogen (secondary N) is 1. The average Bonchev–Trinajstić information content (AvgIpc) is 2.25. The SMILES string of the molecule is CC1CN(c2cccc(F)c2C(=N)N)CC(C)(C)O1. The van der Waals surface area contributed by atoms with Crippen LogP contribution in [0, 0.1) is 11.2 Å². The molecule has 1 atom stereocenters. The number of rotatable bonds is 2. The van der Waals surface area contributed by atoms with E-state index in [1.165, 1.54) is 6.07 Å². The molecule has 0 amide bonds. The normalized spacial score (nSPS) is 22.3. The topological polar surface area (TPSA) is 62.3 Å². The van der Waals surface area contributed by atoms with E-state index in [1.54, 1.807) is 12.1 Å². The number of ether oxygens (including phenoxy) is 1. The van der Waals surface area contributed by atoms with E-state index >= 15 is 0 Å². The van der Waals surface area contributed by atoms with Crippen LogP contribution < -0.4 is 10.6 Å². The third kappa shape index (κ3) is 2.87. The van der Waals surface area contributed by atoms with Crippen molar-refractivity contribution in [3.63, 3.8) is 0 Å². The molecule has 0 aromatic heterocycles. The molecule has 2 rings (SSSR count). The summed E-state index contributed by atoms with van der Waals surface area (Å²) in [4.78, 5) is 2.04. The number of nitrogen functional groups attached to an aromatic ring is 1. The molecule has 0 bridgehead atoms. The maximum Gasteiger partial charge on any atom is 0.136 e. The first-order chi connectivity index (χ1) is 8.80. The lowest BCUT2D eigenvalue weighted by Crippen LogP contribution is -2.52. The van der Waals surface area contributed by atoms with Crippen LogP contribution in [0.5, 0.6) is 0 Å². The van der Waals surface area contributed by atoms with Crippen molar-refractivity contribution in [3.05, 3.63) is 29.6 Å². The van der Waals surface area contributed by atoms with Crippen molar-refractivity contribution in [3.8, 4) is 0 Å². The largest absolute Gasteiger partial charge is 0.384 e. The van der Waals surface area contributed by atoms with Crippen LogP contribution in [0.25, 0.3) is 0 Å². The zero-order valence-electron chi connectivity index (χ0n) is 11.5. The Labute approximate surface area is 112 Å². The van der Waals surface area contributed by atoms with Crippen molar-refractivity contribution in [2.75, 3.05) is 18.0 Å². The minimum Gasteiger partial charge on any atom is -0.384 e. The number of hydrogen-bond donors (Lipinski definition) is 2. The molecule has 4 nitrogen and oxygen atoms in total. The number of anilines is 1. The summed E-state index contributed by atoms with van der Waals surface area (Å²) in [6.07, 6.45) is 0.0480. The van der Waals surface area contributed by atoms with E-state index in [1.807, 2.05) is 25.7 Å². The lowest BCUT2D eigenvalue weighted by Gasteiger charge is -2.43. The molecule has 3 N–H and O–H groups in total. The minimum atomic E-state index is -0.457. The van der Waals surface area contributed by atoms with Gasteiger partial charge in [0.15, 0.2) is 0 Å². The van der Waals surface area contributed by atoms with Crippen molar-refractivity contribution in [2.45, 2.75) is 32.5 Å². The quantitative estimate of drug-likeness (QED) is 0.636. The summed E-state index contributed by atoms with van der Waals surface area (Å²) in [6.45, 7) is 7.29. The van der Waals surface area contributed by atoms with Crippen LogP contribution in [0.1, 0.15) is 26.3 Å². The second kappa shape index (κ2) is 4.81. The Morgan fingerprint density at radius 1 is 1.53 bits per heavy atom. The second-order valence-electron chi connectivity index (χ2n) is 5.62. The van der Waals surface area contributed by atoms with Gasteiger partial charge in [-0.15, -0.1) is 0 Å².